The number of methoxy groups -OCH3 is 1. The number of aromatic nitrogens is 2. The quantitative estimate of drug-likeness (QED) is 0.582. The Morgan fingerprint density at radius 1 is 1.06 bits per heavy atom. The molecular weight excluding hydrogens is 394 g/mol. The van der Waals surface area contributed by atoms with Gasteiger partial charge >= 0.3 is 5.97 Å². The lowest BCUT2D eigenvalue weighted by molar-refractivity contribution is -0.123. The van der Waals surface area contributed by atoms with Gasteiger partial charge in [-0.15, -0.1) is 0 Å². The molecule has 0 saturated carbocycles. The van der Waals surface area contributed by atoms with Gasteiger partial charge in [-0.05, 0) is 45.4 Å². The predicted octanol–water partition coefficient (Wildman–Crippen LogP) is 4.05. The van der Waals surface area contributed by atoms with Gasteiger partial charge in [-0.25, -0.2) is 4.79 Å². The molecule has 0 aliphatic heterocycles. The predicted molar refractivity (Wildman–Crippen MR) is 118 cm³/mol. The lowest BCUT2D eigenvalue weighted by atomic mass is 10.1. The number of nitrogens with one attached hydrogen (secondary N) is 1. The van der Waals surface area contributed by atoms with Crippen molar-refractivity contribution in [1.29, 1.82) is 0 Å². The molecular formula is C24H27N3O4. The summed E-state index contributed by atoms with van der Waals surface area (Å²) in [5.74, 6) is -0.494. The number of benzene rings is 2. The SMILES string of the molecule is COc1ccccc1NC(=O)[C@@H](C)OC(=O)c1c(C)nn(Cc2ccc(C)cc2)c1C. The summed E-state index contributed by atoms with van der Waals surface area (Å²) in [6.45, 7) is 7.69. The fraction of sp³-hybridized carbons (Fsp3) is 0.292. The highest BCUT2D eigenvalue weighted by molar-refractivity contribution is 5.98. The van der Waals surface area contributed by atoms with E-state index >= 15 is 0 Å². The van der Waals surface area contributed by atoms with Crippen LogP contribution in [0.1, 0.15) is 39.8 Å². The first-order valence-electron chi connectivity index (χ1n) is 10.0. The molecule has 0 aliphatic rings. The van der Waals surface area contributed by atoms with Crippen molar-refractivity contribution in [2.24, 2.45) is 0 Å². The molecule has 7 heteroatoms. The molecule has 31 heavy (non-hydrogen) atoms. The first-order chi connectivity index (χ1) is 14.8. The zero-order chi connectivity index (χ0) is 22.5. The summed E-state index contributed by atoms with van der Waals surface area (Å²) >= 11 is 0. The number of aryl methyl sites for hydroxylation is 2. The van der Waals surface area contributed by atoms with E-state index in [1.54, 1.807) is 35.9 Å². The number of ether oxygens (including phenoxy) is 2. The van der Waals surface area contributed by atoms with E-state index in [2.05, 4.69) is 10.4 Å². The molecule has 1 amide bonds. The van der Waals surface area contributed by atoms with Crippen molar-refractivity contribution in [1.82, 2.24) is 9.78 Å². The second-order valence-corrected chi connectivity index (χ2v) is 7.43. The van der Waals surface area contributed by atoms with Gasteiger partial charge < -0.3 is 14.8 Å². The number of carbonyl (C=O) groups is 2. The molecule has 3 rings (SSSR count). The van der Waals surface area contributed by atoms with Gasteiger partial charge in [0.05, 0.1) is 30.7 Å². The van der Waals surface area contributed by atoms with E-state index in [-0.39, 0.29) is 0 Å². The maximum absolute atomic E-state index is 12.8. The van der Waals surface area contributed by atoms with E-state index in [1.165, 1.54) is 19.6 Å². The highest BCUT2D eigenvalue weighted by Crippen LogP contribution is 2.23. The topological polar surface area (TPSA) is 82.4 Å². The van der Waals surface area contributed by atoms with E-state index in [9.17, 15) is 9.59 Å². The monoisotopic (exact) mass is 421 g/mol. The van der Waals surface area contributed by atoms with Crippen LogP contribution < -0.4 is 10.1 Å². The van der Waals surface area contributed by atoms with Crippen LogP contribution in [0.4, 0.5) is 5.69 Å². The van der Waals surface area contributed by atoms with Crippen LogP contribution in [0.2, 0.25) is 0 Å². The lowest BCUT2D eigenvalue weighted by Crippen LogP contribution is -2.30. The van der Waals surface area contributed by atoms with Gasteiger partial charge in [0.1, 0.15) is 11.3 Å². The van der Waals surface area contributed by atoms with E-state index in [4.69, 9.17) is 9.47 Å². The third-order valence-corrected chi connectivity index (χ3v) is 5.06. The van der Waals surface area contributed by atoms with Crippen molar-refractivity contribution in [2.45, 2.75) is 40.3 Å². The summed E-state index contributed by atoms with van der Waals surface area (Å²) in [7, 11) is 1.52. The third kappa shape index (κ3) is 5.12. The van der Waals surface area contributed by atoms with Crippen molar-refractivity contribution in [3.8, 4) is 5.75 Å². The Morgan fingerprint density at radius 2 is 1.74 bits per heavy atom. The van der Waals surface area contributed by atoms with Crippen LogP contribution in [0.15, 0.2) is 48.5 Å². The molecule has 1 aromatic heterocycles. The zero-order valence-corrected chi connectivity index (χ0v) is 18.4. The number of amides is 1. The Balaban J connectivity index is 1.70. The molecule has 0 bridgehead atoms. The van der Waals surface area contributed by atoms with E-state index < -0.39 is 18.0 Å². The summed E-state index contributed by atoms with van der Waals surface area (Å²) in [5.41, 5.74) is 4.41. The minimum absolute atomic E-state index is 0.379. The van der Waals surface area contributed by atoms with Crippen LogP contribution in [0.3, 0.4) is 0 Å². The van der Waals surface area contributed by atoms with Crippen LogP contribution in [0.5, 0.6) is 5.75 Å². The summed E-state index contributed by atoms with van der Waals surface area (Å²) in [6, 6.07) is 15.2. The Hall–Kier alpha value is -3.61. The third-order valence-electron chi connectivity index (χ3n) is 5.06. The Kier molecular flexibility index (Phi) is 6.74. The molecule has 1 N–H and O–H groups in total. The standard InChI is InChI=1S/C24H27N3O4/c1-15-10-12-19(13-11-15)14-27-17(3)22(16(2)26-27)24(29)31-18(4)23(28)25-20-8-6-7-9-21(20)30-5/h6-13,18H,14H2,1-5H3,(H,25,28)/t18-/m1/s1. The maximum Gasteiger partial charge on any atom is 0.342 e. The van der Waals surface area contributed by atoms with Crippen molar-refractivity contribution in [3.63, 3.8) is 0 Å². The van der Waals surface area contributed by atoms with Gasteiger partial charge in [-0.3, -0.25) is 9.48 Å². The zero-order valence-electron chi connectivity index (χ0n) is 18.4. The lowest BCUT2D eigenvalue weighted by Gasteiger charge is -2.15. The Labute approximate surface area is 182 Å². The number of rotatable bonds is 7. The van der Waals surface area contributed by atoms with Crippen LogP contribution in [-0.4, -0.2) is 34.9 Å². The molecule has 3 aromatic rings. The summed E-state index contributed by atoms with van der Waals surface area (Å²) < 4.78 is 12.4. The molecule has 162 valence electrons. The molecule has 7 nitrogen and oxygen atoms in total. The van der Waals surface area contributed by atoms with Crippen molar-refractivity contribution in [2.75, 3.05) is 12.4 Å². The van der Waals surface area contributed by atoms with Gasteiger partial charge in [-0.1, -0.05) is 42.0 Å². The van der Waals surface area contributed by atoms with Crippen LogP contribution in [0, 0.1) is 20.8 Å². The largest absolute Gasteiger partial charge is 0.495 e. The number of anilines is 1. The molecule has 0 saturated heterocycles. The van der Waals surface area contributed by atoms with Crippen LogP contribution >= 0.6 is 0 Å². The molecule has 0 aliphatic carbocycles. The van der Waals surface area contributed by atoms with Crippen LogP contribution in [-0.2, 0) is 16.1 Å². The minimum atomic E-state index is -0.989. The fourth-order valence-corrected chi connectivity index (χ4v) is 3.27. The summed E-state index contributed by atoms with van der Waals surface area (Å²) in [6.07, 6.45) is -0.989. The highest BCUT2D eigenvalue weighted by Gasteiger charge is 2.25. The smallest absolute Gasteiger partial charge is 0.342 e. The minimum Gasteiger partial charge on any atom is -0.495 e. The number of hydrogen-bond donors (Lipinski definition) is 1. The van der Waals surface area contributed by atoms with E-state index in [0.717, 1.165) is 5.56 Å². The van der Waals surface area contributed by atoms with Crippen molar-refractivity contribution >= 4 is 17.6 Å². The second kappa shape index (κ2) is 9.47. The maximum atomic E-state index is 12.8. The van der Waals surface area contributed by atoms with Gasteiger partial charge in [0.15, 0.2) is 6.10 Å². The summed E-state index contributed by atoms with van der Waals surface area (Å²) in [5, 5.41) is 7.22. The average Bonchev–Trinajstić information content (AvgIpc) is 3.02. The molecule has 1 atom stereocenters. The van der Waals surface area contributed by atoms with E-state index in [0.29, 0.717) is 34.9 Å². The molecule has 0 spiro atoms. The fourth-order valence-electron chi connectivity index (χ4n) is 3.27. The highest BCUT2D eigenvalue weighted by atomic mass is 16.5. The number of hydrogen-bond acceptors (Lipinski definition) is 5. The van der Waals surface area contributed by atoms with Gasteiger partial charge in [-0.2, -0.15) is 5.10 Å². The molecule has 0 radical (unpaired) electrons. The number of carbonyl (C=O) groups excluding carboxylic acids is 2. The molecule has 2 aromatic carbocycles. The Morgan fingerprint density at radius 3 is 2.42 bits per heavy atom. The van der Waals surface area contributed by atoms with E-state index in [1.807, 2.05) is 38.1 Å². The second-order valence-electron chi connectivity index (χ2n) is 7.43. The average molecular weight is 421 g/mol. The Bertz CT molecular complexity index is 1090. The van der Waals surface area contributed by atoms with Gasteiger partial charge in [0.25, 0.3) is 5.91 Å². The van der Waals surface area contributed by atoms with Gasteiger partial charge in [0.2, 0.25) is 0 Å². The van der Waals surface area contributed by atoms with Crippen molar-refractivity contribution in [3.05, 3.63) is 76.6 Å². The molecule has 0 unspecified atom stereocenters. The normalized spacial score (nSPS) is 11.6. The number of para-hydroxylation sites is 2. The number of esters is 1. The van der Waals surface area contributed by atoms with Gasteiger partial charge in [0, 0.05) is 0 Å². The van der Waals surface area contributed by atoms with Crippen LogP contribution in [0.25, 0.3) is 0 Å². The first-order valence-corrected chi connectivity index (χ1v) is 10.0. The number of nitrogens with zero attached hydrogens (tertiary/aromatic N) is 2. The van der Waals surface area contributed by atoms with Crippen molar-refractivity contribution < 1.29 is 19.1 Å². The first kappa shape index (κ1) is 22.1. The molecule has 1 heterocycles. The summed E-state index contributed by atoms with van der Waals surface area (Å²) in [4.78, 5) is 25.3. The molecule has 0 fully saturated rings.